The highest BCUT2D eigenvalue weighted by Crippen LogP contribution is 2.39. The quantitative estimate of drug-likeness (QED) is 0.438. The third-order valence-electron chi connectivity index (χ3n) is 4.23. The number of fused-ring (bicyclic) bond motifs is 1. The second-order valence-electron chi connectivity index (χ2n) is 6.13. The van der Waals surface area contributed by atoms with Gasteiger partial charge in [-0.25, -0.2) is 8.42 Å². The molecule has 1 aliphatic rings. The highest BCUT2D eigenvalue weighted by Gasteiger charge is 2.38. The minimum absolute atomic E-state index is 0.103. The number of anilines is 2. The van der Waals surface area contributed by atoms with Gasteiger partial charge in [-0.1, -0.05) is 52.9 Å². The van der Waals surface area contributed by atoms with Gasteiger partial charge in [0.05, 0.1) is 17.1 Å². The molecule has 30 heavy (non-hydrogen) atoms. The van der Waals surface area contributed by atoms with Crippen molar-refractivity contribution >= 4 is 61.4 Å². The van der Waals surface area contributed by atoms with E-state index in [0.717, 1.165) is 4.31 Å². The standard InChI is InChI=1S/C18H15ClN4O4S3/c1-28-18-22-21-17(29-18)20-16(24)15-10-23(13-9-11(19)7-8-14(13)27-15)30(25,26)12-5-3-2-4-6-12/h2-9,15H,10H2,1H3,(H,20,21,24)/t15-/m1/s1. The van der Waals surface area contributed by atoms with Gasteiger partial charge in [-0.3, -0.25) is 14.4 Å². The van der Waals surface area contributed by atoms with Crippen LogP contribution in [0.4, 0.5) is 10.8 Å². The normalized spacial score (nSPS) is 15.9. The lowest BCUT2D eigenvalue weighted by atomic mass is 10.2. The Bertz CT molecular complexity index is 1190. The Labute approximate surface area is 186 Å². The number of halogens is 1. The Morgan fingerprint density at radius 1 is 1.27 bits per heavy atom. The van der Waals surface area contributed by atoms with Crippen LogP contribution < -0.4 is 14.4 Å². The summed E-state index contributed by atoms with van der Waals surface area (Å²) in [5.41, 5.74) is 0.274. The molecule has 0 bridgehead atoms. The van der Waals surface area contributed by atoms with Gasteiger partial charge in [0.25, 0.3) is 15.9 Å². The number of nitrogens with zero attached hydrogens (tertiary/aromatic N) is 3. The summed E-state index contributed by atoms with van der Waals surface area (Å²) in [6.07, 6.45) is 0.767. The van der Waals surface area contributed by atoms with E-state index in [1.54, 1.807) is 30.3 Å². The Balaban J connectivity index is 1.67. The third-order valence-corrected chi connectivity index (χ3v) is 8.07. The van der Waals surface area contributed by atoms with Crippen molar-refractivity contribution in [3.8, 4) is 5.75 Å². The van der Waals surface area contributed by atoms with Crippen LogP contribution in [0.15, 0.2) is 57.8 Å². The molecule has 0 saturated carbocycles. The van der Waals surface area contributed by atoms with Gasteiger partial charge in [-0.15, -0.1) is 10.2 Å². The number of ether oxygens (including phenoxy) is 1. The fraction of sp³-hybridized carbons (Fsp3) is 0.167. The van der Waals surface area contributed by atoms with Gasteiger partial charge >= 0.3 is 0 Å². The maximum absolute atomic E-state index is 13.3. The van der Waals surface area contributed by atoms with Crippen LogP contribution in [-0.2, 0) is 14.8 Å². The van der Waals surface area contributed by atoms with Crippen molar-refractivity contribution in [2.75, 3.05) is 22.4 Å². The Hall–Kier alpha value is -2.34. The first-order valence-corrected chi connectivity index (χ1v) is 12.5. The van der Waals surface area contributed by atoms with Gasteiger partial charge in [-0.2, -0.15) is 0 Å². The molecule has 156 valence electrons. The van der Waals surface area contributed by atoms with Gasteiger partial charge in [0.2, 0.25) is 5.13 Å². The van der Waals surface area contributed by atoms with E-state index >= 15 is 0 Å². The molecule has 0 unspecified atom stereocenters. The van der Waals surface area contributed by atoms with E-state index in [1.807, 2.05) is 6.26 Å². The topological polar surface area (TPSA) is 101 Å². The molecule has 0 fully saturated rings. The fourth-order valence-electron chi connectivity index (χ4n) is 2.84. The summed E-state index contributed by atoms with van der Waals surface area (Å²) >= 11 is 8.72. The van der Waals surface area contributed by atoms with E-state index in [9.17, 15) is 13.2 Å². The van der Waals surface area contributed by atoms with Crippen molar-refractivity contribution in [2.45, 2.75) is 15.3 Å². The summed E-state index contributed by atoms with van der Waals surface area (Å²) in [6.45, 7) is -0.218. The maximum Gasteiger partial charge on any atom is 0.269 e. The summed E-state index contributed by atoms with van der Waals surface area (Å²) in [6, 6.07) is 12.6. The molecule has 0 spiro atoms. The summed E-state index contributed by atoms with van der Waals surface area (Å²) < 4.78 is 34.2. The van der Waals surface area contributed by atoms with E-state index in [4.69, 9.17) is 16.3 Å². The molecular weight excluding hydrogens is 468 g/mol. The zero-order chi connectivity index (χ0) is 21.3. The monoisotopic (exact) mass is 482 g/mol. The van der Waals surface area contributed by atoms with E-state index in [0.29, 0.717) is 14.5 Å². The molecule has 0 radical (unpaired) electrons. The van der Waals surface area contributed by atoms with E-state index in [2.05, 4.69) is 15.5 Å². The highest BCUT2D eigenvalue weighted by molar-refractivity contribution is 8.00. The minimum atomic E-state index is -3.95. The van der Waals surface area contributed by atoms with Crippen molar-refractivity contribution < 1.29 is 17.9 Å². The average Bonchev–Trinajstić information content (AvgIpc) is 3.21. The van der Waals surface area contributed by atoms with Crippen LogP contribution in [0.3, 0.4) is 0 Å². The summed E-state index contributed by atoms with van der Waals surface area (Å²) in [7, 11) is -3.95. The number of carbonyl (C=O) groups excluding carboxylic acids is 1. The zero-order valence-corrected chi connectivity index (χ0v) is 18.7. The Morgan fingerprint density at radius 2 is 2.03 bits per heavy atom. The Morgan fingerprint density at radius 3 is 2.73 bits per heavy atom. The van der Waals surface area contributed by atoms with Crippen LogP contribution in [0, 0.1) is 0 Å². The molecule has 1 atom stereocenters. The molecule has 1 N–H and O–H groups in total. The van der Waals surface area contributed by atoms with Crippen LogP contribution in [0.1, 0.15) is 0 Å². The molecule has 1 aromatic heterocycles. The second kappa shape index (κ2) is 8.42. The van der Waals surface area contributed by atoms with Gasteiger partial charge in [0.1, 0.15) is 5.75 Å². The van der Waals surface area contributed by atoms with Gasteiger partial charge in [0, 0.05) is 5.02 Å². The lowest BCUT2D eigenvalue weighted by Gasteiger charge is -2.34. The molecule has 8 nitrogen and oxygen atoms in total. The minimum Gasteiger partial charge on any atom is -0.476 e. The molecule has 12 heteroatoms. The zero-order valence-electron chi connectivity index (χ0n) is 15.5. The number of thioether (sulfide) groups is 1. The number of nitrogens with one attached hydrogen (secondary N) is 1. The predicted molar refractivity (Wildman–Crippen MR) is 117 cm³/mol. The van der Waals surface area contributed by atoms with Crippen LogP contribution in [0.25, 0.3) is 0 Å². The molecule has 4 rings (SSSR count). The predicted octanol–water partition coefficient (Wildman–Crippen LogP) is 3.51. The van der Waals surface area contributed by atoms with Crippen LogP contribution in [-0.4, -0.2) is 43.4 Å². The molecule has 1 amide bonds. The largest absolute Gasteiger partial charge is 0.476 e. The first-order valence-electron chi connectivity index (χ1n) is 8.61. The second-order valence-corrected chi connectivity index (χ2v) is 10.5. The highest BCUT2D eigenvalue weighted by atomic mass is 35.5. The SMILES string of the molecule is CSc1nnc(NC(=O)[C@H]2CN(S(=O)(=O)c3ccccc3)c3cc(Cl)ccc3O2)s1. The molecule has 2 heterocycles. The molecule has 2 aromatic carbocycles. The third kappa shape index (κ3) is 4.10. The molecular formula is C18H15ClN4O4S3. The lowest BCUT2D eigenvalue weighted by molar-refractivity contribution is -0.122. The first kappa shape index (κ1) is 20.9. The molecule has 0 saturated heterocycles. The molecule has 1 aliphatic heterocycles. The van der Waals surface area contributed by atoms with E-state index < -0.39 is 22.0 Å². The van der Waals surface area contributed by atoms with Gasteiger partial charge in [-0.05, 0) is 36.6 Å². The number of hydrogen-bond donors (Lipinski definition) is 1. The van der Waals surface area contributed by atoms with Crippen LogP contribution in [0.5, 0.6) is 5.75 Å². The summed E-state index contributed by atoms with van der Waals surface area (Å²) in [5.74, 6) is -0.278. The molecule has 0 aliphatic carbocycles. The number of aromatic nitrogens is 2. The van der Waals surface area contributed by atoms with Crippen LogP contribution in [0.2, 0.25) is 5.02 Å². The van der Waals surface area contributed by atoms with Gasteiger partial charge < -0.3 is 4.74 Å². The average molecular weight is 483 g/mol. The van der Waals surface area contributed by atoms with Crippen LogP contribution >= 0.6 is 34.7 Å². The smallest absolute Gasteiger partial charge is 0.269 e. The maximum atomic E-state index is 13.3. The lowest BCUT2D eigenvalue weighted by Crippen LogP contribution is -2.48. The fourth-order valence-corrected chi connectivity index (χ4v) is 5.67. The van der Waals surface area contributed by atoms with Crippen molar-refractivity contribution in [3.05, 3.63) is 53.6 Å². The van der Waals surface area contributed by atoms with Gasteiger partial charge in [0.15, 0.2) is 10.4 Å². The summed E-state index contributed by atoms with van der Waals surface area (Å²) in [5, 5.41) is 11.1. The summed E-state index contributed by atoms with van der Waals surface area (Å²) in [4.78, 5) is 12.9. The van der Waals surface area contributed by atoms with Crippen molar-refractivity contribution in [3.63, 3.8) is 0 Å². The number of sulfonamides is 1. The first-order chi connectivity index (χ1) is 14.4. The number of rotatable bonds is 5. The number of amides is 1. The van der Waals surface area contributed by atoms with Crippen molar-refractivity contribution in [2.24, 2.45) is 0 Å². The molecule has 3 aromatic rings. The van der Waals surface area contributed by atoms with E-state index in [-0.39, 0.29) is 22.9 Å². The van der Waals surface area contributed by atoms with E-state index in [1.165, 1.54) is 41.3 Å². The Kier molecular flexibility index (Phi) is 5.87. The number of carbonyl (C=O) groups is 1. The van der Waals surface area contributed by atoms with Crippen molar-refractivity contribution in [1.82, 2.24) is 10.2 Å². The van der Waals surface area contributed by atoms with Crippen molar-refractivity contribution in [1.29, 1.82) is 0 Å². The number of benzene rings is 2. The number of hydrogen-bond acceptors (Lipinski definition) is 8.